The Balaban J connectivity index is 2.45. The molecule has 3 nitrogen and oxygen atoms in total. The number of halogens is 1. The van der Waals surface area contributed by atoms with Crippen LogP contribution in [0.15, 0.2) is 28.7 Å². The van der Waals surface area contributed by atoms with Crippen LogP contribution in [0, 0.1) is 13.8 Å². The van der Waals surface area contributed by atoms with Gasteiger partial charge in [0.2, 0.25) is 0 Å². The summed E-state index contributed by atoms with van der Waals surface area (Å²) >= 11 is 3.45. The second-order valence-electron chi connectivity index (χ2n) is 4.53. The smallest absolute Gasteiger partial charge is 0.133 e. The number of aryl methyl sites for hydroxylation is 1. The van der Waals surface area contributed by atoms with Crippen LogP contribution in [0.5, 0.6) is 0 Å². The van der Waals surface area contributed by atoms with Crippen LogP contribution in [-0.4, -0.2) is 16.5 Å². The molecule has 0 unspecified atom stereocenters. The van der Waals surface area contributed by atoms with Crippen molar-refractivity contribution in [1.82, 2.24) is 9.97 Å². The minimum Gasteiger partial charge on any atom is -0.370 e. The van der Waals surface area contributed by atoms with Crippen molar-refractivity contribution in [3.63, 3.8) is 0 Å². The molecule has 1 N–H and O–H groups in total. The lowest BCUT2D eigenvalue weighted by molar-refractivity contribution is 0.948. The third kappa shape index (κ3) is 3.32. The van der Waals surface area contributed by atoms with Crippen LogP contribution in [0.3, 0.4) is 0 Å². The van der Waals surface area contributed by atoms with Gasteiger partial charge in [-0.2, -0.15) is 0 Å². The number of aromatic nitrogens is 2. The molecule has 0 aliphatic rings. The molecule has 0 spiro atoms. The van der Waals surface area contributed by atoms with E-state index in [1.54, 1.807) is 0 Å². The molecule has 4 heteroatoms. The van der Waals surface area contributed by atoms with Gasteiger partial charge in [-0.25, -0.2) is 9.97 Å². The van der Waals surface area contributed by atoms with Gasteiger partial charge < -0.3 is 5.32 Å². The Morgan fingerprint density at radius 3 is 2.42 bits per heavy atom. The van der Waals surface area contributed by atoms with E-state index in [1.807, 2.05) is 19.1 Å². The summed E-state index contributed by atoms with van der Waals surface area (Å²) in [6.45, 7) is 7.07. The quantitative estimate of drug-likeness (QED) is 0.910. The number of nitrogens with zero attached hydrogens (tertiary/aromatic N) is 2. The molecule has 0 radical (unpaired) electrons. The van der Waals surface area contributed by atoms with Crippen molar-refractivity contribution in [3.05, 3.63) is 40.1 Å². The lowest BCUT2D eigenvalue weighted by atomic mass is 10.1. The minimum absolute atomic E-state index is 0.794. The summed E-state index contributed by atoms with van der Waals surface area (Å²) in [4.78, 5) is 9.06. The van der Waals surface area contributed by atoms with Crippen LogP contribution in [0.2, 0.25) is 0 Å². The van der Waals surface area contributed by atoms with Crippen LogP contribution in [0.1, 0.15) is 24.7 Å². The summed E-state index contributed by atoms with van der Waals surface area (Å²) in [6.07, 6.45) is 1.08. The Morgan fingerprint density at radius 2 is 1.79 bits per heavy atom. The summed E-state index contributed by atoms with van der Waals surface area (Å²) in [6, 6.07) is 8.21. The average molecular weight is 320 g/mol. The Labute approximate surface area is 122 Å². The zero-order valence-corrected chi connectivity index (χ0v) is 13.1. The second kappa shape index (κ2) is 6.15. The number of anilines is 1. The fourth-order valence-electron chi connectivity index (χ4n) is 1.93. The number of nitrogens with one attached hydrogen (secondary N) is 1. The Morgan fingerprint density at radius 1 is 1.11 bits per heavy atom. The van der Waals surface area contributed by atoms with Crippen molar-refractivity contribution < 1.29 is 0 Å². The number of hydrogen-bond acceptors (Lipinski definition) is 3. The predicted molar refractivity (Wildman–Crippen MR) is 83.4 cm³/mol. The number of hydrogen-bond donors (Lipinski definition) is 1. The molecule has 0 aliphatic heterocycles. The molecule has 1 aromatic carbocycles. The van der Waals surface area contributed by atoms with Crippen molar-refractivity contribution >= 4 is 21.7 Å². The summed E-state index contributed by atoms with van der Waals surface area (Å²) in [5.41, 5.74) is 3.21. The third-order valence-corrected chi connectivity index (χ3v) is 3.45. The van der Waals surface area contributed by atoms with Gasteiger partial charge in [0.25, 0.3) is 0 Å². The fourth-order valence-corrected chi connectivity index (χ4v) is 2.20. The Hall–Kier alpha value is -1.42. The van der Waals surface area contributed by atoms with Crippen molar-refractivity contribution in [2.24, 2.45) is 0 Å². The van der Waals surface area contributed by atoms with Crippen LogP contribution in [-0.2, 0) is 0 Å². The highest BCUT2D eigenvalue weighted by molar-refractivity contribution is 9.10. The third-order valence-electron chi connectivity index (χ3n) is 2.92. The first kappa shape index (κ1) is 14.0. The van der Waals surface area contributed by atoms with Gasteiger partial charge in [-0.05, 0) is 32.4 Å². The van der Waals surface area contributed by atoms with Crippen molar-refractivity contribution in [1.29, 1.82) is 0 Å². The molecule has 0 saturated heterocycles. The SMILES string of the molecule is CCCNc1nc(C)nc(-c2ccc(Br)cc2)c1C. The molecular formula is C15H18BrN3. The average Bonchev–Trinajstić information content (AvgIpc) is 2.40. The molecule has 2 aromatic rings. The van der Waals surface area contributed by atoms with Gasteiger partial charge in [-0.3, -0.25) is 0 Å². The summed E-state index contributed by atoms with van der Waals surface area (Å²) in [5.74, 6) is 1.73. The molecule has 19 heavy (non-hydrogen) atoms. The van der Waals surface area contributed by atoms with E-state index in [4.69, 9.17) is 0 Å². The van der Waals surface area contributed by atoms with Crippen LogP contribution in [0.25, 0.3) is 11.3 Å². The molecule has 0 saturated carbocycles. The highest BCUT2D eigenvalue weighted by atomic mass is 79.9. The van der Waals surface area contributed by atoms with E-state index in [-0.39, 0.29) is 0 Å². The first-order valence-corrected chi connectivity index (χ1v) is 7.26. The van der Waals surface area contributed by atoms with Gasteiger partial charge in [0.05, 0.1) is 5.69 Å². The molecular weight excluding hydrogens is 302 g/mol. The highest BCUT2D eigenvalue weighted by Gasteiger charge is 2.10. The maximum atomic E-state index is 4.57. The molecule has 2 rings (SSSR count). The van der Waals surface area contributed by atoms with Crippen LogP contribution in [0.4, 0.5) is 5.82 Å². The second-order valence-corrected chi connectivity index (χ2v) is 5.44. The van der Waals surface area contributed by atoms with E-state index >= 15 is 0 Å². The van der Waals surface area contributed by atoms with Gasteiger partial charge in [-0.1, -0.05) is 35.0 Å². The maximum Gasteiger partial charge on any atom is 0.133 e. The maximum absolute atomic E-state index is 4.57. The monoisotopic (exact) mass is 319 g/mol. The molecule has 0 fully saturated rings. The van der Waals surface area contributed by atoms with Crippen LogP contribution < -0.4 is 5.32 Å². The van der Waals surface area contributed by atoms with Crippen molar-refractivity contribution in [3.8, 4) is 11.3 Å². The minimum atomic E-state index is 0.794. The largest absolute Gasteiger partial charge is 0.370 e. The Kier molecular flexibility index (Phi) is 4.53. The summed E-state index contributed by atoms with van der Waals surface area (Å²) < 4.78 is 1.07. The van der Waals surface area contributed by atoms with Crippen LogP contribution >= 0.6 is 15.9 Å². The zero-order valence-electron chi connectivity index (χ0n) is 11.5. The van der Waals surface area contributed by atoms with E-state index in [1.165, 1.54) is 0 Å². The topological polar surface area (TPSA) is 37.8 Å². The first-order chi connectivity index (χ1) is 9.11. The molecule has 1 aromatic heterocycles. The van der Waals surface area contributed by atoms with E-state index < -0.39 is 0 Å². The Bertz CT molecular complexity index is 564. The number of rotatable bonds is 4. The van der Waals surface area contributed by atoms with Gasteiger partial charge in [0.15, 0.2) is 0 Å². The highest BCUT2D eigenvalue weighted by Crippen LogP contribution is 2.26. The lowest BCUT2D eigenvalue weighted by Crippen LogP contribution is -2.07. The summed E-state index contributed by atoms with van der Waals surface area (Å²) in [5, 5.41) is 3.36. The van der Waals surface area contributed by atoms with Crippen molar-refractivity contribution in [2.75, 3.05) is 11.9 Å². The van der Waals surface area contributed by atoms with E-state index in [2.05, 4.69) is 57.2 Å². The molecule has 1 heterocycles. The zero-order chi connectivity index (χ0) is 13.8. The van der Waals surface area contributed by atoms with Gasteiger partial charge in [0, 0.05) is 22.1 Å². The van der Waals surface area contributed by atoms with E-state index in [0.29, 0.717) is 0 Å². The predicted octanol–water partition coefficient (Wildman–Crippen LogP) is 4.34. The standard InChI is InChI=1S/C15H18BrN3/c1-4-9-17-15-10(2)14(18-11(3)19-15)12-5-7-13(16)8-6-12/h5-8H,4,9H2,1-3H3,(H,17,18,19). The molecule has 0 aliphatic carbocycles. The van der Waals surface area contributed by atoms with E-state index in [9.17, 15) is 0 Å². The summed E-state index contributed by atoms with van der Waals surface area (Å²) in [7, 11) is 0. The molecule has 0 bridgehead atoms. The lowest BCUT2D eigenvalue weighted by Gasteiger charge is -2.12. The van der Waals surface area contributed by atoms with Gasteiger partial charge in [0.1, 0.15) is 11.6 Å². The normalized spacial score (nSPS) is 10.5. The van der Waals surface area contributed by atoms with Crippen molar-refractivity contribution in [2.45, 2.75) is 27.2 Å². The van der Waals surface area contributed by atoms with Gasteiger partial charge >= 0.3 is 0 Å². The van der Waals surface area contributed by atoms with Gasteiger partial charge in [-0.15, -0.1) is 0 Å². The molecule has 0 atom stereocenters. The molecule has 0 amide bonds. The first-order valence-electron chi connectivity index (χ1n) is 6.47. The van der Waals surface area contributed by atoms with E-state index in [0.717, 1.165) is 45.9 Å². The fraction of sp³-hybridized carbons (Fsp3) is 0.333. The molecule has 100 valence electrons. The number of benzene rings is 1.